The lowest BCUT2D eigenvalue weighted by atomic mass is 10.1. The van der Waals surface area contributed by atoms with Gasteiger partial charge < -0.3 is 20.6 Å². The minimum absolute atomic E-state index is 0.0420. The maximum Gasteiger partial charge on any atom is 0.317 e. The Balaban J connectivity index is 2.51. The summed E-state index contributed by atoms with van der Waals surface area (Å²) in [5, 5.41) is 14.2. The Labute approximate surface area is 142 Å². The van der Waals surface area contributed by atoms with Gasteiger partial charge in [-0.25, -0.2) is 4.79 Å². The van der Waals surface area contributed by atoms with Crippen LogP contribution in [-0.4, -0.2) is 41.5 Å². The number of nitrogens with zero attached hydrogens (tertiary/aromatic N) is 1. The molecule has 0 aromatic heterocycles. The van der Waals surface area contributed by atoms with Gasteiger partial charge in [0.15, 0.2) is 0 Å². The summed E-state index contributed by atoms with van der Waals surface area (Å²) in [7, 11) is 1.54. The van der Waals surface area contributed by atoms with Crippen LogP contribution >= 0.6 is 0 Å². The number of hydrogen-bond donors (Lipinski definition) is 3. The van der Waals surface area contributed by atoms with Crippen molar-refractivity contribution in [3.63, 3.8) is 0 Å². The van der Waals surface area contributed by atoms with Crippen LogP contribution in [0, 0.1) is 5.92 Å². The summed E-state index contributed by atoms with van der Waals surface area (Å²) in [5.74, 6) is -0.701. The molecule has 7 heteroatoms. The second kappa shape index (κ2) is 9.54. The van der Waals surface area contributed by atoms with Gasteiger partial charge >= 0.3 is 12.0 Å². The molecule has 0 radical (unpaired) electrons. The Hall–Kier alpha value is -2.57. The van der Waals surface area contributed by atoms with Crippen molar-refractivity contribution in [2.24, 2.45) is 5.92 Å². The molecule has 0 aliphatic rings. The van der Waals surface area contributed by atoms with Crippen LogP contribution in [0.2, 0.25) is 0 Å². The molecule has 0 saturated heterocycles. The number of carbonyl (C=O) groups is 3. The van der Waals surface area contributed by atoms with Crippen molar-refractivity contribution in [2.75, 3.05) is 18.9 Å². The Morgan fingerprint density at radius 1 is 1.25 bits per heavy atom. The first-order chi connectivity index (χ1) is 11.3. The minimum atomic E-state index is -0.945. The molecule has 0 fully saturated rings. The number of amides is 3. The molecule has 0 heterocycles. The number of anilines is 1. The zero-order valence-corrected chi connectivity index (χ0v) is 14.3. The van der Waals surface area contributed by atoms with Gasteiger partial charge in [0, 0.05) is 32.2 Å². The molecule has 3 amide bonds. The second-order valence-corrected chi connectivity index (χ2v) is 6.07. The van der Waals surface area contributed by atoms with Crippen molar-refractivity contribution < 1.29 is 19.5 Å². The largest absolute Gasteiger partial charge is 0.481 e. The van der Waals surface area contributed by atoms with Gasteiger partial charge in [-0.2, -0.15) is 0 Å². The zero-order valence-electron chi connectivity index (χ0n) is 14.3. The Morgan fingerprint density at radius 2 is 1.96 bits per heavy atom. The molecular formula is C17H25N3O4. The summed E-state index contributed by atoms with van der Waals surface area (Å²) in [5.41, 5.74) is 1.53. The first-order valence-electron chi connectivity index (χ1n) is 7.87. The highest BCUT2D eigenvalue weighted by atomic mass is 16.4. The first-order valence-corrected chi connectivity index (χ1v) is 7.87. The maximum absolute atomic E-state index is 11.9. The molecule has 1 rings (SSSR count). The Morgan fingerprint density at radius 3 is 2.58 bits per heavy atom. The predicted molar refractivity (Wildman–Crippen MR) is 91.6 cm³/mol. The number of benzene rings is 1. The van der Waals surface area contributed by atoms with E-state index in [0.29, 0.717) is 18.7 Å². The quantitative estimate of drug-likeness (QED) is 0.679. The lowest BCUT2D eigenvalue weighted by molar-refractivity contribution is -0.137. The van der Waals surface area contributed by atoms with Gasteiger partial charge in [-0.05, 0) is 23.6 Å². The van der Waals surface area contributed by atoms with Gasteiger partial charge in [-0.1, -0.05) is 26.0 Å². The van der Waals surface area contributed by atoms with E-state index in [2.05, 4.69) is 10.6 Å². The van der Waals surface area contributed by atoms with Gasteiger partial charge in [0.25, 0.3) is 0 Å². The smallest absolute Gasteiger partial charge is 0.317 e. The van der Waals surface area contributed by atoms with Gasteiger partial charge in [-0.3, -0.25) is 9.59 Å². The number of carboxylic acids is 1. The molecule has 1 aromatic rings. The van der Waals surface area contributed by atoms with Crippen LogP contribution in [-0.2, 0) is 16.1 Å². The van der Waals surface area contributed by atoms with Crippen LogP contribution in [0.1, 0.15) is 32.3 Å². The zero-order chi connectivity index (χ0) is 18.1. The van der Waals surface area contributed by atoms with Gasteiger partial charge in [0.2, 0.25) is 5.91 Å². The van der Waals surface area contributed by atoms with Crippen LogP contribution in [0.25, 0.3) is 0 Å². The molecular weight excluding hydrogens is 310 g/mol. The molecule has 24 heavy (non-hydrogen) atoms. The number of carbonyl (C=O) groups excluding carboxylic acids is 2. The first kappa shape index (κ1) is 19.5. The summed E-state index contributed by atoms with van der Waals surface area (Å²) >= 11 is 0. The summed E-state index contributed by atoms with van der Waals surface area (Å²) < 4.78 is 0. The molecule has 0 saturated carbocycles. The van der Waals surface area contributed by atoms with E-state index in [9.17, 15) is 14.4 Å². The minimum Gasteiger partial charge on any atom is -0.481 e. The van der Waals surface area contributed by atoms with Crippen LogP contribution in [0.5, 0.6) is 0 Å². The fraction of sp³-hybridized carbons (Fsp3) is 0.471. The maximum atomic E-state index is 11.9. The van der Waals surface area contributed by atoms with Crippen molar-refractivity contribution in [2.45, 2.75) is 33.2 Å². The molecule has 0 atom stereocenters. The van der Waals surface area contributed by atoms with E-state index in [1.807, 2.05) is 19.9 Å². The molecule has 3 N–H and O–H groups in total. The average molecular weight is 335 g/mol. The highest BCUT2D eigenvalue weighted by Crippen LogP contribution is 2.12. The standard InChI is InChI=1S/C17H25N3O4/c1-12(2)9-15(21)19-14-6-4-5-13(10-14)11-18-17(24)20(3)8-7-16(22)23/h4-6,10,12H,7-9,11H2,1-3H3,(H,18,24)(H,19,21)(H,22,23). The SMILES string of the molecule is CC(C)CC(=O)Nc1cccc(CNC(=O)N(C)CCC(=O)O)c1. The Kier molecular flexibility index (Phi) is 7.74. The normalized spacial score (nSPS) is 10.3. The van der Waals surface area contributed by atoms with E-state index < -0.39 is 5.97 Å². The van der Waals surface area contributed by atoms with Gasteiger partial charge in [0.05, 0.1) is 6.42 Å². The predicted octanol–water partition coefficient (Wildman–Crippen LogP) is 2.29. The number of aliphatic carboxylic acids is 1. The molecule has 1 aromatic carbocycles. The van der Waals surface area contributed by atoms with Crippen LogP contribution in [0.15, 0.2) is 24.3 Å². The van der Waals surface area contributed by atoms with Gasteiger partial charge in [-0.15, -0.1) is 0 Å². The van der Waals surface area contributed by atoms with Crippen LogP contribution in [0.3, 0.4) is 0 Å². The van der Waals surface area contributed by atoms with E-state index in [1.54, 1.807) is 25.2 Å². The third kappa shape index (κ3) is 7.62. The summed E-state index contributed by atoms with van der Waals surface area (Å²) in [6.45, 7) is 4.40. The van der Waals surface area contributed by atoms with E-state index in [0.717, 1.165) is 5.56 Å². The van der Waals surface area contributed by atoms with Gasteiger partial charge in [0.1, 0.15) is 0 Å². The van der Waals surface area contributed by atoms with Crippen LogP contribution in [0.4, 0.5) is 10.5 Å². The van der Waals surface area contributed by atoms with E-state index in [-0.39, 0.29) is 30.8 Å². The summed E-state index contributed by atoms with van der Waals surface area (Å²) in [4.78, 5) is 35.5. The molecule has 0 aliphatic carbocycles. The molecule has 0 unspecified atom stereocenters. The summed E-state index contributed by atoms with van der Waals surface area (Å²) in [6, 6.07) is 6.90. The molecule has 132 valence electrons. The molecule has 0 aliphatic heterocycles. The number of nitrogens with one attached hydrogen (secondary N) is 2. The third-order valence-corrected chi connectivity index (χ3v) is 3.26. The van der Waals surface area contributed by atoms with Crippen molar-refractivity contribution in [1.29, 1.82) is 0 Å². The van der Waals surface area contributed by atoms with Crippen molar-refractivity contribution in [3.05, 3.63) is 29.8 Å². The topological polar surface area (TPSA) is 98.7 Å². The lowest BCUT2D eigenvalue weighted by Crippen LogP contribution is -2.37. The van der Waals surface area contributed by atoms with Crippen molar-refractivity contribution in [3.8, 4) is 0 Å². The fourth-order valence-corrected chi connectivity index (χ4v) is 2.02. The van der Waals surface area contributed by atoms with Crippen molar-refractivity contribution >= 4 is 23.6 Å². The van der Waals surface area contributed by atoms with Crippen LogP contribution < -0.4 is 10.6 Å². The number of carboxylic acid groups (broad SMARTS) is 1. The monoisotopic (exact) mass is 335 g/mol. The molecule has 0 spiro atoms. The van der Waals surface area contributed by atoms with E-state index in [1.165, 1.54) is 4.90 Å². The summed E-state index contributed by atoms with van der Waals surface area (Å²) in [6.07, 6.45) is 0.358. The average Bonchev–Trinajstić information content (AvgIpc) is 2.49. The third-order valence-electron chi connectivity index (χ3n) is 3.26. The molecule has 7 nitrogen and oxygen atoms in total. The van der Waals surface area contributed by atoms with E-state index in [4.69, 9.17) is 5.11 Å². The molecule has 0 bridgehead atoms. The number of urea groups is 1. The number of hydrogen-bond acceptors (Lipinski definition) is 3. The van der Waals surface area contributed by atoms with E-state index >= 15 is 0 Å². The van der Waals surface area contributed by atoms with Crippen molar-refractivity contribution in [1.82, 2.24) is 10.2 Å². The highest BCUT2D eigenvalue weighted by molar-refractivity contribution is 5.90. The highest BCUT2D eigenvalue weighted by Gasteiger charge is 2.10. The lowest BCUT2D eigenvalue weighted by Gasteiger charge is -2.17. The fourth-order valence-electron chi connectivity index (χ4n) is 2.02. The second-order valence-electron chi connectivity index (χ2n) is 6.07. The Bertz CT molecular complexity index is 587. The number of rotatable bonds is 8.